The summed E-state index contributed by atoms with van der Waals surface area (Å²) in [6.45, 7) is 2.06. The Kier molecular flexibility index (Phi) is 9.08. The molecule has 0 spiro atoms. The zero-order valence-electron chi connectivity index (χ0n) is 20.4. The molecule has 0 bridgehead atoms. The molecule has 3 rings (SSSR count). The van der Waals surface area contributed by atoms with Crippen LogP contribution in [0.3, 0.4) is 0 Å². The summed E-state index contributed by atoms with van der Waals surface area (Å²) in [7, 11) is 0. The normalized spacial score (nSPS) is 11.5. The predicted octanol–water partition coefficient (Wildman–Crippen LogP) is 2.80. The molecule has 39 heavy (non-hydrogen) atoms. The van der Waals surface area contributed by atoms with Crippen LogP contribution >= 0.6 is 0 Å². The predicted molar refractivity (Wildman–Crippen MR) is 138 cm³/mol. The number of non-ortho nitro benzene ring substituents is 2. The highest BCUT2D eigenvalue weighted by atomic mass is 16.6. The summed E-state index contributed by atoms with van der Waals surface area (Å²) >= 11 is 0. The van der Waals surface area contributed by atoms with Gasteiger partial charge in [0.05, 0.1) is 34.3 Å². The lowest BCUT2D eigenvalue weighted by atomic mass is 10.0. The lowest BCUT2D eigenvalue weighted by Gasteiger charge is -2.17. The van der Waals surface area contributed by atoms with Crippen LogP contribution in [0.15, 0.2) is 65.8 Å². The molecule has 3 aromatic rings. The van der Waals surface area contributed by atoms with Gasteiger partial charge in [0.15, 0.2) is 11.5 Å². The van der Waals surface area contributed by atoms with Gasteiger partial charge in [-0.2, -0.15) is 5.10 Å². The number of aromatic hydroxyl groups is 2. The van der Waals surface area contributed by atoms with Crippen LogP contribution < -0.4 is 15.5 Å². The lowest BCUT2D eigenvalue weighted by molar-refractivity contribution is -0.394. The van der Waals surface area contributed by atoms with Gasteiger partial charge in [0, 0.05) is 18.6 Å². The number of rotatable bonds is 11. The van der Waals surface area contributed by atoms with Crippen molar-refractivity contribution < 1.29 is 34.4 Å². The number of carbonyl (C=O) groups excluding carboxylic acids is 2. The zero-order chi connectivity index (χ0) is 28.5. The minimum absolute atomic E-state index is 0.0161. The molecule has 14 heteroatoms. The van der Waals surface area contributed by atoms with Crippen molar-refractivity contribution in [2.24, 2.45) is 5.10 Å². The average molecular weight is 537 g/mol. The van der Waals surface area contributed by atoms with Crippen molar-refractivity contribution in [2.45, 2.75) is 19.4 Å². The van der Waals surface area contributed by atoms with Crippen LogP contribution in [0.4, 0.5) is 11.4 Å². The first kappa shape index (κ1) is 28.0. The number of nitrogens with one attached hydrogen (secondary N) is 2. The third-order valence-corrected chi connectivity index (χ3v) is 5.26. The number of hydrogen-bond donors (Lipinski definition) is 4. The third-order valence-electron chi connectivity index (χ3n) is 5.26. The fourth-order valence-electron chi connectivity index (χ4n) is 3.39. The number of nitrogens with zero attached hydrogens (tertiary/aromatic N) is 3. The Morgan fingerprint density at radius 1 is 1.00 bits per heavy atom. The number of hydrazone groups is 1. The van der Waals surface area contributed by atoms with Crippen LogP contribution in [0.5, 0.6) is 17.2 Å². The molecule has 3 aromatic carbocycles. The van der Waals surface area contributed by atoms with Crippen LogP contribution in [0.25, 0.3) is 0 Å². The summed E-state index contributed by atoms with van der Waals surface area (Å²) in [5.74, 6) is -1.61. The summed E-state index contributed by atoms with van der Waals surface area (Å²) in [6.07, 6.45) is 1.21. The quantitative estimate of drug-likeness (QED) is 0.161. The number of hydrogen-bond acceptors (Lipinski definition) is 10. The highest BCUT2D eigenvalue weighted by Gasteiger charge is 2.25. The molecule has 0 aliphatic carbocycles. The van der Waals surface area contributed by atoms with Crippen LogP contribution in [-0.2, 0) is 11.2 Å². The Bertz CT molecular complexity index is 1390. The summed E-state index contributed by atoms with van der Waals surface area (Å²) in [5.41, 5.74) is 1.59. The topological polar surface area (TPSA) is 207 Å². The van der Waals surface area contributed by atoms with Crippen molar-refractivity contribution >= 4 is 29.4 Å². The Balaban J connectivity index is 1.83. The molecule has 0 saturated carbocycles. The van der Waals surface area contributed by atoms with Crippen molar-refractivity contribution in [3.8, 4) is 17.2 Å². The van der Waals surface area contributed by atoms with Gasteiger partial charge in [-0.05, 0) is 48.4 Å². The molecular formula is C25H23N5O9. The van der Waals surface area contributed by atoms with E-state index in [0.717, 1.165) is 12.1 Å². The van der Waals surface area contributed by atoms with E-state index in [1.807, 2.05) is 0 Å². The maximum absolute atomic E-state index is 13.0. The SMILES string of the molecule is CCOc1cc(/C=N\NC(=O)[C@@H](Cc2ccc(O)cc2)NC(=O)c2cc([N+](=O)[O-])cc([N+](=O)[O-])c2)ccc1O. The number of carbonyl (C=O) groups is 2. The number of nitro groups is 2. The zero-order valence-corrected chi connectivity index (χ0v) is 20.4. The fraction of sp³-hybridized carbons (Fsp3) is 0.160. The molecule has 0 radical (unpaired) electrons. The molecule has 0 aromatic heterocycles. The molecule has 0 fully saturated rings. The Hall–Kier alpha value is -5.53. The molecule has 0 aliphatic rings. The van der Waals surface area contributed by atoms with Gasteiger partial charge in [-0.25, -0.2) is 5.43 Å². The van der Waals surface area contributed by atoms with Gasteiger partial charge in [-0.1, -0.05) is 12.1 Å². The van der Waals surface area contributed by atoms with Crippen molar-refractivity contribution in [1.29, 1.82) is 0 Å². The summed E-state index contributed by atoms with van der Waals surface area (Å²) in [5, 5.41) is 48.0. The van der Waals surface area contributed by atoms with Gasteiger partial charge >= 0.3 is 0 Å². The second-order valence-corrected chi connectivity index (χ2v) is 8.04. The van der Waals surface area contributed by atoms with E-state index in [0.29, 0.717) is 23.8 Å². The standard InChI is InChI=1S/C25H23N5O9/c1-2-39-23-10-16(5-8-22(23)32)14-26-28-25(34)21(9-15-3-6-20(31)7-4-15)27-24(33)17-11-18(29(35)36)13-19(12-17)30(37)38/h3-8,10-14,21,31-32H,2,9H2,1H3,(H,27,33)(H,28,34)/b26-14-/t21-/m1/s1. The number of phenols is 2. The van der Waals surface area contributed by atoms with Crippen LogP contribution in [0, 0.1) is 20.2 Å². The van der Waals surface area contributed by atoms with Gasteiger partial charge in [0.1, 0.15) is 11.8 Å². The van der Waals surface area contributed by atoms with Crippen LogP contribution in [-0.4, -0.2) is 50.7 Å². The number of phenolic OH excluding ortho intramolecular Hbond substituents is 2. The first-order chi connectivity index (χ1) is 18.6. The second kappa shape index (κ2) is 12.6. The first-order valence-corrected chi connectivity index (χ1v) is 11.4. The maximum atomic E-state index is 13.0. The van der Waals surface area contributed by atoms with Gasteiger partial charge in [0.25, 0.3) is 23.2 Å². The molecule has 4 N–H and O–H groups in total. The molecule has 14 nitrogen and oxygen atoms in total. The molecule has 1 atom stereocenters. The number of ether oxygens (including phenoxy) is 1. The molecular weight excluding hydrogens is 514 g/mol. The summed E-state index contributed by atoms with van der Waals surface area (Å²) in [6, 6.07) is 11.4. The monoisotopic (exact) mass is 537 g/mol. The van der Waals surface area contributed by atoms with Crippen LogP contribution in [0.2, 0.25) is 0 Å². The van der Waals surface area contributed by atoms with E-state index in [-0.39, 0.29) is 23.7 Å². The van der Waals surface area contributed by atoms with E-state index in [1.54, 1.807) is 6.92 Å². The van der Waals surface area contributed by atoms with E-state index < -0.39 is 44.6 Å². The van der Waals surface area contributed by atoms with E-state index in [4.69, 9.17) is 4.74 Å². The van der Waals surface area contributed by atoms with Crippen molar-refractivity contribution in [3.63, 3.8) is 0 Å². The van der Waals surface area contributed by atoms with Crippen molar-refractivity contribution in [1.82, 2.24) is 10.7 Å². The second-order valence-electron chi connectivity index (χ2n) is 8.04. The smallest absolute Gasteiger partial charge is 0.277 e. The minimum atomic E-state index is -1.27. The van der Waals surface area contributed by atoms with Gasteiger partial charge < -0.3 is 20.3 Å². The molecule has 202 valence electrons. The average Bonchev–Trinajstić information content (AvgIpc) is 2.91. The van der Waals surface area contributed by atoms with Crippen LogP contribution in [0.1, 0.15) is 28.4 Å². The third kappa shape index (κ3) is 7.72. The van der Waals surface area contributed by atoms with Crippen molar-refractivity contribution in [2.75, 3.05) is 6.61 Å². The Labute approximate surface area is 220 Å². The largest absolute Gasteiger partial charge is 0.508 e. The minimum Gasteiger partial charge on any atom is -0.508 e. The van der Waals surface area contributed by atoms with E-state index in [9.17, 15) is 40.0 Å². The fourth-order valence-corrected chi connectivity index (χ4v) is 3.39. The summed E-state index contributed by atoms with van der Waals surface area (Å²) in [4.78, 5) is 46.5. The van der Waals surface area contributed by atoms with Gasteiger partial charge in [0.2, 0.25) is 0 Å². The van der Waals surface area contributed by atoms with Crippen molar-refractivity contribution in [3.05, 3.63) is 97.6 Å². The highest BCUT2D eigenvalue weighted by Crippen LogP contribution is 2.26. The number of amides is 2. The number of benzene rings is 3. The molecule has 0 unspecified atom stereocenters. The molecule has 0 aliphatic heterocycles. The molecule has 0 heterocycles. The Morgan fingerprint density at radius 3 is 2.23 bits per heavy atom. The van der Waals surface area contributed by atoms with E-state index in [2.05, 4.69) is 15.8 Å². The van der Waals surface area contributed by atoms with E-state index >= 15 is 0 Å². The van der Waals surface area contributed by atoms with E-state index in [1.165, 1.54) is 48.7 Å². The number of nitro benzene ring substituents is 2. The molecule has 0 saturated heterocycles. The first-order valence-electron chi connectivity index (χ1n) is 11.4. The van der Waals surface area contributed by atoms with Gasteiger partial charge in [-0.3, -0.25) is 29.8 Å². The van der Waals surface area contributed by atoms with Gasteiger partial charge in [-0.15, -0.1) is 0 Å². The highest BCUT2D eigenvalue weighted by molar-refractivity contribution is 5.98. The lowest BCUT2D eigenvalue weighted by Crippen LogP contribution is -2.46. The molecule has 2 amide bonds. The Morgan fingerprint density at radius 2 is 1.64 bits per heavy atom. The maximum Gasteiger partial charge on any atom is 0.277 e. The summed E-state index contributed by atoms with van der Waals surface area (Å²) < 4.78 is 5.30.